The number of amides is 1. The first kappa shape index (κ1) is 16.1. The molecule has 7 nitrogen and oxygen atoms in total. The number of rotatable bonds is 8. The lowest BCUT2D eigenvalue weighted by molar-refractivity contribution is -0.124. The number of hydrogen-bond donors (Lipinski definition) is 2. The Kier molecular flexibility index (Phi) is 6.02. The monoisotopic (exact) mass is 302 g/mol. The molecule has 1 amide bonds. The summed E-state index contributed by atoms with van der Waals surface area (Å²) in [6.07, 6.45) is 0.555. The SMILES string of the molecule is CCNCCNC(=O)C(Cc1ccccc1)n1nnnc1C. The summed E-state index contributed by atoms with van der Waals surface area (Å²) < 4.78 is 1.58. The van der Waals surface area contributed by atoms with Crippen molar-refractivity contribution in [2.24, 2.45) is 0 Å². The minimum Gasteiger partial charge on any atom is -0.353 e. The first-order chi connectivity index (χ1) is 10.7. The number of carbonyl (C=O) groups is 1. The van der Waals surface area contributed by atoms with Crippen LogP contribution in [0.3, 0.4) is 0 Å². The molecule has 0 aliphatic rings. The highest BCUT2D eigenvalue weighted by Gasteiger charge is 2.23. The van der Waals surface area contributed by atoms with Crippen LogP contribution in [0.5, 0.6) is 0 Å². The predicted octanol–water partition coefficient (Wildman–Crippen LogP) is 0.491. The number of hydrogen-bond acceptors (Lipinski definition) is 5. The fourth-order valence-electron chi connectivity index (χ4n) is 2.22. The Morgan fingerprint density at radius 2 is 2.05 bits per heavy atom. The van der Waals surface area contributed by atoms with Crippen LogP contribution in [0.25, 0.3) is 0 Å². The highest BCUT2D eigenvalue weighted by atomic mass is 16.2. The molecule has 2 rings (SSSR count). The van der Waals surface area contributed by atoms with Crippen molar-refractivity contribution in [2.45, 2.75) is 26.3 Å². The average Bonchev–Trinajstić information content (AvgIpc) is 2.96. The molecular weight excluding hydrogens is 280 g/mol. The second-order valence-electron chi connectivity index (χ2n) is 5.02. The van der Waals surface area contributed by atoms with Crippen molar-refractivity contribution < 1.29 is 4.79 Å². The van der Waals surface area contributed by atoms with Crippen molar-refractivity contribution in [3.8, 4) is 0 Å². The molecule has 0 radical (unpaired) electrons. The second-order valence-corrected chi connectivity index (χ2v) is 5.02. The number of benzene rings is 1. The number of likely N-dealkylation sites (N-methyl/N-ethyl adjacent to an activating group) is 1. The van der Waals surface area contributed by atoms with Crippen LogP contribution < -0.4 is 10.6 Å². The van der Waals surface area contributed by atoms with Crippen LogP contribution in [0.4, 0.5) is 0 Å². The molecule has 0 saturated heterocycles. The van der Waals surface area contributed by atoms with E-state index in [-0.39, 0.29) is 5.91 Å². The molecular formula is C15H22N6O. The topological polar surface area (TPSA) is 84.7 Å². The average molecular weight is 302 g/mol. The van der Waals surface area contributed by atoms with E-state index < -0.39 is 6.04 Å². The maximum absolute atomic E-state index is 12.5. The number of nitrogens with one attached hydrogen (secondary N) is 2. The van der Waals surface area contributed by atoms with Gasteiger partial charge in [0, 0.05) is 19.5 Å². The first-order valence-corrected chi connectivity index (χ1v) is 7.49. The lowest BCUT2D eigenvalue weighted by Gasteiger charge is -2.17. The number of aryl methyl sites for hydroxylation is 1. The van der Waals surface area contributed by atoms with Crippen molar-refractivity contribution in [3.05, 3.63) is 41.7 Å². The zero-order chi connectivity index (χ0) is 15.8. The molecule has 0 fully saturated rings. The molecule has 0 aliphatic carbocycles. The van der Waals surface area contributed by atoms with Gasteiger partial charge < -0.3 is 10.6 Å². The second kappa shape index (κ2) is 8.23. The van der Waals surface area contributed by atoms with Gasteiger partial charge in [-0.25, -0.2) is 4.68 Å². The van der Waals surface area contributed by atoms with Gasteiger partial charge in [0.1, 0.15) is 11.9 Å². The third-order valence-electron chi connectivity index (χ3n) is 3.38. The van der Waals surface area contributed by atoms with Gasteiger partial charge in [0.25, 0.3) is 0 Å². The summed E-state index contributed by atoms with van der Waals surface area (Å²) >= 11 is 0. The Morgan fingerprint density at radius 1 is 1.27 bits per heavy atom. The van der Waals surface area contributed by atoms with Gasteiger partial charge in [-0.05, 0) is 29.5 Å². The summed E-state index contributed by atoms with van der Waals surface area (Å²) in [6.45, 7) is 6.04. The molecule has 0 bridgehead atoms. The predicted molar refractivity (Wildman–Crippen MR) is 83.3 cm³/mol. The van der Waals surface area contributed by atoms with E-state index in [9.17, 15) is 4.79 Å². The molecule has 1 heterocycles. The molecule has 1 aromatic carbocycles. The van der Waals surface area contributed by atoms with E-state index in [1.54, 1.807) is 11.6 Å². The fraction of sp³-hybridized carbons (Fsp3) is 0.467. The van der Waals surface area contributed by atoms with Gasteiger partial charge in [-0.2, -0.15) is 0 Å². The molecule has 1 aromatic heterocycles. The number of aromatic nitrogens is 4. The van der Waals surface area contributed by atoms with E-state index in [1.807, 2.05) is 37.3 Å². The van der Waals surface area contributed by atoms with Crippen LogP contribution in [-0.4, -0.2) is 45.7 Å². The molecule has 0 spiro atoms. The molecule has 1 atom stereocenters. The van der Waals surface area contributed by atoms with Gasteiger partial charge in [0.15, 0.2) is 0 Å². The van der Waals surface area contributed by atoms with Gasteiger partial charge >= 0.3 is 0 Å². The van der Waals surface area contributed by atoms with Crippen LogP contribution >= 0.6 is 0 Å². The standard InChI is InChI=1S/C15H22N6O/c1-3-16-9-10-17-15(22)14(21-12(2)18-19-20-21)11-13-7-5-4-6-8-13/h4-8,14,16H,3,9-11H2,1-2H3,(H,17,22). The molecule has 7 heteroatoms. The maximum atomic E-state index is 12.5. The van der Waals surface area contributed by atoms with E-state index in [2.05, 4.69) is 26.2 Å². The van der Waals surface area contributed by atoms with Crippen LogP contribution in [0.1, 0.15) is 24.4 Å². The zero-order valence-electron chi connectivity index (χ0n) is 13.0. The van der Waals surface area contributed by atoms with Crippen LogP contribution in [-0.2, 0) is 11.2 Å². The molecule has 22 heavy (non-hydrogen) atoms. The lowest BCUT2D eigenvalue weighted by atomic mass is 10.1. The van der Waals surface area contributed by atoms with E-state index in [1.165, 1.54) is 0 Å². The highest BCUT2D eigenvalue weighted by molar-refractivity contribution is 5.80. The van der Waals surface area contributed by atoms with Crippen molar-refractivity contribution in [1.82, 2.24) is 30.8 Å². The molecule has 118 valence electrons. The maximum Gasteiger partial charge on any atom is 0.245 e. The Balaban J connectivity index is 2.08. The summed E-state index contributed by atoms with van der Waals surface area (Å²) in [6, 6.07) is 9.43. The number of nitrogens with zero attached hydrogens (tertiary/aromatic N) is 4. The normalized spacial score (nSPS) is 12.1. The lowest BCUT2D eigenvalue weighted by Crippen LogP contribution is -2.38. The highest BCUT2D eigenvalue weighted by Crippen LogP contribution is 2.14. The third-order valence-corrected chi connectivity index (χ3v) is 3.38. The van der Waals surface area contributed by atoms with Gasteiger partial charge in [0.05, 0.1) is 0 Å². The van der Waals surface area contributed by atoms with Crippen LogP contribution in [0.2, 0.25) is 0 Å². The van der Waals surface area contributed by atoms with Gasteiger partial charge in [0.2, 0.25) is 5.91 Å². The number of tetrazole rings is 1. The van der Waals surface area contributed by atoms with Crippen LogP contribution in [0, 0.1) is 6.92 Å². The Labute approximate surface area is 130 Å². The summed E-state index contributed by atoms with van der Waals surface area (Å²) in [7, 11) is 0. The smallest absolute Gasteiger partial charge is 0.245 e. The first-order valence-electron chi connectivity index (χ1n) is 7.49. The minimum absolute atomic E-state index is 0.0721. The van der Waals surface area contributed by atoms with Crippen molar-refractivity contribution in [3.63, 3.8) is 0 Å². The van der Waals surface area contributed by atoms with Crippen LogP contribution in [0.15, 0.2) is 30.3 Å². The largest absolute Gasteiger partial charge is 0.353 e. The number of carbonyl (C=O) groups excluding carboxylic acids is 1. The fourth-order valence-corrected chi connectivity index (χ4v) is 2.22. The van der Waals surface area contributed by atoms with Gasteiger partial charge in [-0.15, -0.1) is 5.10 Å². The molecule has 2 aromatic rings. The Morgan fingerprint density at radius 3 is 2.68 bits per heavy atom. The third kappa shape index (κ3) is 4.36. The van der Waals surface area contributed by atoms with E-state index in [0.717, 1.165) is 18.7 Å². The quantitative estimate of drug-likeness (QED) is 0.693. The van der Waals surface area contributed by atoms with Gasteiger partial charge in [-0.3, -0.25) is 4.79 Å². The molecule has 2 N–H and O–H groups in total. The summed E-state index contributed by atoms with van der Waals surface area (Å²) in [5, 5.41) is 17.6. The molecule has 0 aliphatic heterocycles. The van der Waals surface area contributed by atoms with E-state index in [0.29, 0.717) is 18.8 Å². The Hall–Kier alpha value is -2.28. The summed E-state index contributed by atoms with van der Waals surface area (Å²) in [4.78, 5) is 12.5. The molecule has 0 saturated carbocycles. The Bertz CT molecular complexity index is 583. The van der Waals surface area contributed by atoms with Crippen molar-refractivity contribution in [1.29, 1.82) is 0 Å². The minimum atomic E-state index is -0.445. The van der Waals surface area contributed by atoms with E-state index >= 15 is 0 Å². The van der Waals surface area contributed by atoms with Crippen molar-refractivity contribution >= 4 is 5.91 Å². The van der Waals surface area contributed by atoms with Gasteiger partial charge in [-0.1, -0.05) is 37.3 Å². The summed E-state index contributed by atoms with van der Waals surface area (Å²) in [5.74, 6) is 0.555. The molecule has 1 unspecified atom stereocenters. The van der Waals surface area contributed by atoms with E-state index in [4.69, 9.17) is 0 Å². The van der Waals surface area contributed by atoms with Crippen molar-refractivity contribution in [2.75, 3.05) is 19.6 Å². The zero-order valence-corrected chi connectivity index (χ0v) is 13.0. The summed E-state index contributed by atoms with van der Waals surface area (Å²) in [5.41, 5.74) is 1.07.